The van der Waals surface area contributed by atoms with E-state index in [1.165, 1.54) is 35.8 Å². The zero-order valence-corrected chi connectivity index (χ0v) is 23.1. The van der Waals surface area contributed by atoms with Crippen LogP contribution in [0.5, 0.6) is 5.75 Å². The Morgan fingerprint density at radius 2 is 1.41 bits per heavy atom. The molecule has 168 valence electrons. The fourth-order valence-corrected chi connectivity index (χ4v) is 4.64. The van der Waals surface area contributed by atoms with Crippen molar-refractivity contribution >= 4 is 34.2 Å². The Morgan fingerprint density at radius 3 is 2.00 bits per heavy atom. The number of nitrogens with zero attached hydrogens (tertiary/aromatic N) is 1. The van der Waals surface area contributed by atoms with Gasteiger partial charge in [0.05, 0.1) is 0 Å². The number of hydrogen-bond acceptors (Lipinski definition) is 1. The van der Waals surface area contributed by atoms with Gasteiger partial charge in [-0.05, 0) is 27.8 Å². The van der Waals surface area contributed by atoms with Gasteiger partial charge in [-0.3, -0.25) is 0 Å². The zero-order valence-electron chi connectivity index (χ0n) is 19.8. The monoisotopic (exact) mass is 501 g/mol. The molecule has 0 amide bonds. The van der Waals surface area contributed by atoms with Crippen LogP contribution in [0.4, 0.5) is 5.69 Å². The molecule has 3 rings (SSSR count). The van der Waals surface area contributed by atoms with Crippen molar-refractivity contribution in [3.63, 3.8) is 0 Å². The summed E-state index contributed by atoms with van der Waals surface area (Å²) in [7, 11) is 5.02. The minimum absolute atomic E-state index is 0.0229. The first-order valence-electron chi connectivity index (χ1n) is 10.7. The van der Waals surface area contributed by atoms with Crippen molar-refractivity contribution < 1.29 is 24.5 Å². The first-order valence-corrected chi connectivity index (χ1v) is 13.8. The standard InChI is InChI=1S/C27H33NOP.ClH.Ti/c1-26(2,3)20-16-22(27(4,5)6)25(29)24(17-20)30-23-15-11-10-12-19(23)18-28-21-13-8-7-9-14-21;;/h7-17,29-30H,18H2,1-6H3;1H;/q-1;;+2/p-1. The van der Waals surface area contributed by atoms with Crippen LogP contribution in [0.15, 0.2) is 66.7 Å². The summed E-state index contributed by atoms with van der Waals surface area (Å²) in [6.45, 7) is 13.8. The average Bonchev–Trinajstić information content (AvgIpc) is 2.75. The van der Waals surface area contributed by atoms with Gasteiger partial charge in [-0.15, -0.1) is 12.2 Å². The molecule has 0 saturated carbocycles. The fraction of sp³-hybridized carbons (Fsp3) is 0.333. The second kappa shape index (κ2) is 11.7. The predicted octanol–water partition coefficient (Wildman–Crippen LogP) is 7.51. The number of benzene rings is 3. The molecule has 0 aliphatic carbocycles. The molecule has 2 nitrogen and oxygen atoms in total. The molecule has 0 radical (unpaired) electrons. The summed E-state index contributed by atoms with van der Waals surface area (Å²) in [5, 5.41) is 18.2. The molecule has 0 saturated heterocycles. The summed E-state index contributed by atoms with van der Waals surface area (Å²) >= 11 is 1.47. The summed E-state index contributed by atoms with van der Waals surface area (Å²) < 4.78 is 0. The predicted molar refractivity (Wildman–Crippen MR) is 139 cm³/mol. The molecule has 0 aliphatic heterocycles. The molecule has 3 aromatic carbocycles. The second-order valence-electron chi connectivity index (χ2n) is 9.85. The van der Waals surface area contributed by atoms with Crippen molar-refractivity contribution in [3.8, 4) is 5.75 Å². The number of phenolic OH excluding ortho intramolecular Hbond substituents is 1. The zero-order chi connectivity index (χ0) is 23.9. The van der Waals surface area contributed by atoms with Crippen molar-refractivity contribution in [2.45, 2.75) is 58.9 Å². The van der Waals surface area contributed by atoms with Crippen molar-refractivity contribution in [2.24, 2.45) is 0 Å². The molecule has 32 heavy (non-hydrogen) atoms. The number of phenols is 1. The molecule has 0 aliphatic rings. The average molecular weight is 502 g/mol. The third-order valence-electron chi connectivity index (χ3n) is 5.26. The molecule has 3 aromatic rings. The van der Waals surface area contributed by atoms with Crippen LogP contribution >= 0.6 is 17.9 Å². The van der Waals surface area contributed by atoms with Gasteiger partial charge >= 0.3 is 28.7 Å². The minimum atomic E-state index is -0.118. The van der Waals surface area contributed by atoms with E-state index in [1.807, 2.05) is 30.3 Å². The number of hydrogen-bond donors (Lipinski definition) is 1. The van der Waals surface area contributed by atoms with E-state index in [-0.39, 0.29) is 10.8 Å². The Bertz CT molecular complexity index is 1010. The van der Waals surface area contributed by atoms with Crippen molar-refractivity contribution in [3.05, 3.63) is 88.7 Å². The first-order chi connectivity index (χ1) is 15.1. The van der Waals surface area contributed by atoms with E-state index >= 15 is 0 Å². The Hall–Kier alpha value is -1.31. The molecule has 0 heterocycles. The van der Waals surface area contributed by atoms with Crippen LogP contribution in [0, 0.1) is 0 Å². The Kier molecular flexibility index (Phi) is 9.86. The van der Waals surface area contributed by atoms with E-state index in [0.29, 0.717) is 20.9 Å². The quantitative estimate of drug-likeness (QED) is 0.285. The van der Waals surface area contributed by atoms with Gasteiger partial charge in [-0.1, -0.05) is 116 Å². The van der Waals surface area contributed by atoms with Gasteiger partial charge in [0.15, 0.2) is 0 Å². The van der Waals surface area contributed by atoms with E-state index in [0.717, 1.165) is 16.6 Å². The Morgan fingerprint density at radius 1 is 0.812 bits per heavy atom. The molecule has 1 atom stereocenters. The summed E-state index contributed by atoms with van der Waals surface area (Å²) in [5.74, 6) is 0.434. The van der Waals surface area contributed by atoms with Crippen LogP contribution in [-0.2, 0) is 36.7 Å². The molecule has 5 heteroatoms. The maximum absolute atomic E-state index is 11.2. The molecule has 0 bridgehead atoms. The molecular formula is C27H33ClNOPTi. The van der Waals surface area contributed by atoms with Crippen LogP contribution in [0.2, 0.25) is 0 Å². The number of rotatable bonds is 5. The third kappa shape index (κ3) is 7.36. The molecule has 0 spiro atoms. The van der Waals surface area contributed by atoms with Crippen LogP contribution in [-0.4, -0.2) is 5.11 Å². The normalized spacial score (nSPS) is 11.8. The fourth-order valence-electron chi connectivity index (χ4n) is 3.37. The first kappa shape index (κ1) is 26.9. The molecule has 0 fully saturated rings. The second-order valence-corrected chi connectivity index (χ2v) is 11.2. The number of aromatic hydroxyl groups is 1. The molecular weight excluding hydrogens is 469 g/mol. The SMILES string of the molecule is CC(C)(C)c1cc(Pc2ccccc2C[N-]c2ccccc2)c(O)c(C(C)(C)C)c1.[Cl][Ti+]. The Balaban J connectivity index is 0.00000176. The maximum atomic E-state index is 11.2. The van der Waals surface area contributed by atoms with Crippen molar-refractivity contribution in [2.75, 3.05) is 0 Å². The van der Waals surface area contributed by atoms with E-state index in [2.05, 4.69) is 87.2 Å². The summed E-state index contributed by atoms with van der Waals surface area (Å²) in [6, 6.07) is 22.9. The van der Waals surface area contributed by atoms with Crippen LogP contribution < -0.4 is 10.6 Å². The van der Waals surface area contributed by atoms with E-state index in [9.17, 15) is 5.11 Å². The van der Waals surface area contributed by atoms with Crippen LogP contribution in [0.25, 0.3) is 5.32 Å². The summed E-state index contributed by atoms with van der Waals surface area (Å²) in [5.41, 5.74) is 4.38. The van der Waals surface area contributed by atoms with E-state index < -0.39 is 0 Å². The van der Waals surface area contributed by atoms with Gasteiger partial charge in [0, 0.05) is 10.9 Å². The van der Waals surface area contributed by atoms with Gasteiger partial charge in [0.1, 0.15) is 5.75 Å². The van der Waals surface area contributed by atoms with E-state index in [1.54, 1.807) is 0 Å². The van der Waals surface area contributed by atoms with Gasteiger partial charge in [-0.25, -0.2) is 0 Å². The van der Waals surface area contributed by atoms with Crippen molar-refractivity contribution in [1.82, 2.24) is 0 Å². The third-order valence-corrected chi connectivity index (χ3v) is 6.67. The molecule has 1 N–H and O–H groups in total. The Labute approximate surface area is 211 Å². The van der Waals surface area contributed by atoms with Crippen LogP contribution in [0.1, 0.15) is 58.2 Å². The van der Waals surface area contributed by atoms with Gasteiger partial charge in [0.25, 0.3) is 0 Å². The summed E-state index contributed by atoms with van der Waals surface area (Å²) in [6.07, 6.45) is 0. The van der Waals surface area contributed by atoms with E-state index in [4.69, 9.17) is 5.32 Å². The van der Waals surface area contributed by atoms with Crippen LogP contribution in [0.3, 0.4) is 0 Å². The van der Waals surface area contributed by atoms with Gasteiger partial charge < -0.3 is 10.4 Å². The molecule has 0 aromatic heterocycles. The van der Waals surface area contributed by atoms with Gasteiger partial charge in [0.2, 0.25) is 0 Å². The number of halogens is 1. The van der Waals surface area contributed by atoms with Gasteiger partial charge in [-0.2, -0.15) is 0 Å². The van der Waals surface area contributed by atoms with Crippen molar-refractivity contribution in [1.29, 1.82) is 0 Å². The summed E-state index contributed by atoms with van der Waals surface area (Å²) in [4.78, 5) is 0. The molecule has 1 unspecified atom stereocenters. The topological polar surface area (TPSA) is 34.3 Å². The number of para-hydroxylation sites is 1.